The van der Waals surface area contributed by atoms with Crippen molar-refractivity contribution in [2.75, 3.05) is 12.1 Å². The molecular weight excluding hydrogens is 471 g/mol. The van der Waals surface area contributed by atoms with Crippen LogP contribution in [0.5, 0.6) is 0 Å². The largest absolute Gasteiger partial charge is 0.416 e. The lowest BCUT2D eigenvalue weighted by Gasteiger charge is -2.30. The highest BCUT2D eigenvalue weighted by molar-refractivity contribution is 6.05. The SMILES string of the molecule is COC(C1C(c2ccc(C(F)(F)F)cc2)=NN(c2ccc(C(F)(F)F)cc2)C1O)C(F)(F)F. The van der Waals surface area contributed by atoms with Crippen LogP contribution < -0.4 is 5.01 Å². The number of methoxy groups -OCH3 is 1. The zero-order valence-electron chi connectivity index (χ0n) is 16.5. The zero-order chi connectivity index (χ0) is 24.8. The van der Waals surface area contributed by atoms with E-state index in [1.807, 2.05) is 0 Å². The first kappa shape index (κ1) is 24.8. The number of hydrazone groups is 1. The van der Waals surface area contributed by atoms with Gasteiger partial charge in [-0.05, 0) is 42.0 Å². The van der Waals surface area contributed by atoms with Crippen molar-refractivity contribution < 1.29 is 49.4 Å². The summed E-state index contributed by atoms with van der Waals surface area (Å²) >= 11 is 0. The van der Waals surface area contributed by atoms with Gasteiger partial charge in [0.15, 0.2) is 12.3 Å². The first-order valence-electron chi connectivity index (χ1n) is 9.15. The lowest BCUT2D eigenvalue weighted by molar-refractivity contribution is -0.227. The van der Waals surface area contributed by atoms with Crippen LogP contribution in [0.2, 0.25) is 0 Å². The second-order valence-corrected chi connectivity index (χ2v) is 7.09. The van der Waals surface area contributed by atoms with E-state index in [0.29, 0.717) is 29.3 Å². The molecule has 0 saturated carbocycles. The van der Waals surface area contributed by atoms with Crippen LogP contribution in [0.15, 0.2) is 53.6 Å². The molecule has 2 aromatic carbocycles. The third kappa shape index (κ3) is 5.08. The molecule has 2 aromatic rings. The van der Waals surface area contributed by atoms with Crippen molar-refractivity contribution in [3.8, 4) is 0 Å². The number of hydrogen-bond acceptors (Lipinski definition) is 4. The number of anilines is 1. The van der Waals surface area contributed by atoms with E-state index in [2.05, 4.69) is 9.84 Å². The van der Waals surface area contributed by atoms with Crippen LogP contribution in [-0.4, -0.2) is 36.4 Å². The van der Waals surface area contributed by atoms with Gasteiger partial charge in [0.1, 0.15) is 0 Å². The number of aliphatic hydroxyl groups is 1. The normalized spacial score (nSPS) is 20.7. The Morgan fingerprint density at radius 2 is 1.27 bits per heavy atom. The van der Waals surface area contributed by atoms with Gasteiger partial charge in [-0.2, -0.15) is 44.6 Å². The van der Waals surface area contributed by atoms with E-state index in [9.17, 15) is 44.6 Å². The lowest BCUT2D eigenvalue weighted by atomic mass is 9.90. The minimum Gasteiger partial charge on any atom is -0.371 e. The van der Waals surface area contributed by atoms with E-state index in [1.165, 1.54) is 0 Å². The highest BCUT2D eigenvalue weighted by atomic mass is 19.4. The van der Waals surface area contributed by atoms with Crippen molar-refractivity contribution in [1.82, 2.24) is 0 Å². The maximum absolute atomic E-state index is 13.6. The molecule has 33 heavy (non-hydrogen) atoms. The number of aliphatic hydroxyl groups excluding tert-OH is 1. The van der Waals surface area contributed by atoms with E-state index in [-0.39, 0.29) is 11.3 Å². The summed E-state index contributed by atoms with van der Waals surface area (Å²) in [5.41, 5.74) is -2.86. The summed E-state index contributed by atoms with van der Waals surface area (Å²) in [6.07, 6.45) is -19.0. The average molecular weight is 486 g/mol. The van der Waals surface area contributed by atoms with E-state index in [4.69, 9.17) is 0 Å². The maximum Gasteiger partial charge on any atom is 0.416 e. The zero-order valence-corrected chi connectivity index (χ0v) is 16.5. The Bertz CT molecular complexity index is 997. The molecule has 0 saturated heterocycles. The second kappa shape index (κ2) is 8.52. The van der Waals surface area contributed by atoms with Crippen LogP contribution in [0.4, 0.5) is 45.2 Å². The van der Waals surface area contributed by atoms with Crippen LogP contribution in [-0.2, 0) is 17.1 Å². The molecular formula is C20H15F9N2O2. The van der Waals surface area contributed by atoms with Gasteiger partial charge in [-0.25, -0.2) is 5.01 Å². The molecule has 13 heteroatoms. The molecule has 0 aliphatic carbocycles. The molecule has 1 heterocycles. The van der Waals surface area contributed by atoms with Crippen LogP contribution in [0.3, 0.4) is 0 Å². The molecule has 3 atom stereocenters. The summed E-state index contributed by atoms with van der Waals surface area (Å²) in [7, 11) is 0.732. The fraction of sp³-hybridized carbons (Fsp3) is 0.350. The first-order valence-corrected chi connectivity index (χ1v) is 9.15. The van der Waals surface area contributed by atoms with Crippen molar-refractivity contribution >= 4 is 11.4 Å². The minimum atomic E-state index is -5.00. The fourth-order valence-electron chi connectivity index (χ4n) is 3.41. The molecule has 0 radical (unpaired) electrons. The summed E-state index contributed by atoms with van der Waals surface area (Å²) in [5.74, 6) is -1.91. The quantitative estimate of drug-likeness (QED) is 0.584. The summed E-state index contributed by atoms with van der Waals surface area (Å²) < 4.78 is 122. The molecule has 0 bridgehead atoms. The van der Waals surface area contributed by atoms with Gasteiger partial charge in [-0.1, -0.05) is 12.1 Å². The van der Waals surface area contributed by atoms with Gasteiger partial charge in [0, 0.05) is 7.11 Å². The number of rotatable bonds is 4. The standard InChI is InChI=1S/C20H15F9N2O2/c1-33-16(20(27,28)29)14-15(10-2-4-11(5-3-10)18(21,22)23)30-31(17(14)32)13-8-6-12(7-9-13)19(24,25)26/h2-9,14,16-17,32H,1H3. The average Bonchev–Trinajstić information content (AvgIpc) is 3.03. The molecule has 0 spiro atoms. The van der Waals surface area contributed by atoms with Crippen LogP contribution in [0, 0.1) is 5.92 Å². The number of alkyl halides is 9. The summed E-state index contributed by atoms with van der Waals surface area (Å²) in [6.45, 7) is 0. The summed E-state index contributed by atoms with van der Waals surface area (Å²) in [4.78, 5) is 0. The Morgan fingerprint density at radius 1 is 0.818 bits per heavy atom. The van der Waals surface area contributed by atoms with E-state index < -0.39 is 53.6 Å². The van der Waals surface area contributed by atoms with Crippen molar-refractivity contribution in [2.24, 2.45) is 11.0 Å². The van der Waals surface area contributed by atoms with Gasteiger partial charge < -0.3 is 9.84 Å². The molecule has 0 fully saturated rings. The molecule has 0 amide bonds. The van der Waals surface area contributed by atoms with Crippen LogP contribution in [0.1, 0.15) is 16.7 Å². The van der Waals surface area contributed by atoms with Crippen molar-refractivity contribution in [3.63, 3.8) is 0 Å². The third-order valence-electron chi connectivity index (χ3n) is 4.97. The highest BCUT2D eigenvalue weighted by Crippen LogP contribution is 2.40. The third-order valence-corrected chi connectivity index (χ3v) is 4.97. The monoisotopic (exact) mass is 486 g/mol. The van der Waals surface area contributed by atoms with Crippen LogP contribution >= 0.6 is 0 Å². The molecule has 4 nitrogen and oxygen atoms in total. The summed E-state index contributed by atoms with van der Waals surface area (Å²) in [5, 5.41) is 15.2. The van der Waals surface area contributed by atoms with Gasteiger partial charge in [0.05, 0.1) is 28.4 Å². The molecule has 3 unspecified atom stereocenters. The molecule has 1 aliphatic rings. The van der Waals surface area contributed by atoms with E-state index >= 15 is 0 Å². The number of hydrogen-bond donors (Lipinski definition) is 1. The smallest absolute Gasteiger partial charge is 0.371 e. The number of halogens is 9. The molecule has 1 aliphatic heterocycles. The Morgan fingerprint density at radius 3 is 1.67 bits per heavy atom. The van der Waals surface area contributed by atoms with Crippen molar-refractivity contribution in [2.45, 2.75) is 30.9 Å². The summed E-state index contributed by atoms with van der Waals surface area (Å²) in [6, 6.07) is 6.16. The molecule has 180 valence electrons. The van der Waals surface area contributed by atoms with Crippen molar-refractivity contribution in [3.05, 3.63) is 65.2 Å². The second-order valence-electron chi connectivity index (χ2n) is 7.09. The van der Waals surface area contributed by atoms with Crippen LogP contribution in [0.25, 0.3) is 0 Å². The Balaban J connectivity index is 2.07. The number of ether oxygens (including phenoxy) is 1. The van der Waals surface area contributed by atoms with Gasteiger partial charge in [-0.3, -0.25) is 0 Å². The predicted molar refractivity (Wildman–Crippen MR) is 98.3 cm³/mol. The van der Waals surface area contributed by atoms with E-state index in [0.717, 1.165) is 31.4 Å². The van der Waals surface area contributed by atoms with Gasteiger partial charge >= 0.3 is 18.5 Å². The molecule has 3 rings (SSSR count). The van der Waals surface area contributed by atoms with Crippen molar-refractivity contribution in [1.29, 1.82) is 0 Å². The van der Waals surface area contributed by atoms with Gasteiger partial charge in [-0.15, -0.1) is 0 Å². The Labute approximate surface area is 180 Å². The fourth-order valence-corrected chi connectivity index (χ4v) is 3.41. The molecule has 1 N–H and O–H groups in total. The Kier molecular flexibility index (Phi) is 6.41. The first-order chi connectivity index (χ1) is 15.1. The van der Waals surface area contributed by atoms with E-state index in [1.54, 1.807) is 0 Å². The number of benzene rings is 2. The maximum atomic E-state index is 13.6. The highest BCUT2D eigenvalue weighted by Gasteiger charge is 2.54. The number of nitrogens with zero attached hydrogens (tertiary/aromatic N) is 2. The Hall–Kier alpha value is -2.80. The van der Waals surface area contributed by atoms with Gasteiger partial charge in [0.25, 0.3) is 0 Å². The minimum absolute atomic E-state index is 0.159. The molecule has 0 aromatic heterocycles. The lowest BCUT2D eigenvalue weighted by Crippen LogP contribution is -2.48. The topological polar surface area (TPSA) is 45.1 Å². The van der Waals surface area contributed by atoms with Gasteiger partial charge in [0.2, 0.25) is 0 Å². The predicted octanol–water partition coefficient (Wildman–Crippen LogP) is 5.46.